The monoisotopic (exact) mass is 410 g/mol. The van der Waals surface area contributed by atoms with Crippen LogP contribution in [0.4, 0.5) is 0 Å². The molecule has 0 spiro atoms. The summed E-state index contributed by atoms with van der Waals surface area (Å²) >= 11 is 0. The minimum Gasteiger partial charge on any atom is -0.357 e. The van der Waals surface area contributed by atoms with Crippen LogP contribution in [0.3, 0.4) is 0 Å². The number of amides is 1. The van der Waals surface area contributed by atoms with Gasteiger partial charge in [0, 0.05) is 19.6 Å². The molecule has 21 heavy (non-hydrogen) atoms. The normalized spacial score (nSPS) is 16.4. The Labute approximate surface area is 146 Å². The summed E-state index contributed by atoms with van der Waals surface area (Å²) in [7, 11) is 0. The molecule has 0 heterocycles. The van der Waals surface area contributed by atoms with Crippen LogP contribution in [-0.4, -0.2) is 38.0 Å². The molecule has 0 aliphatic heterocycles. The standard InChI is InChI=1S/C15H30N4O.HI/c1-4-10-17-13(20)11-18-14(16-6-3)19-12-15(5-2)8-7-9-15;/h4-12H2,1-3H3,(H,17,20)(H2,16,18,19);1H. The van der Waals surface area contributed by atoms with E-state index in [1.807, 2.05) is 13.8 Å². The lowest BCUT2D eigenvalue weighted by Crippen LogP contribution is -2.46. The highest BCUT2D eigenvalue weighted by molar-refractivity contribution is 14.0. The molecule has 1 fully saturated rings. The lowest BCUT2D eigenvalue weighted by atomic mass is 9.67. The van der Waals surface area contributed by atoms with Gasteiger partial charge in [0.15, 0.2) is 5.96 Å². The highest BCUT2D eigenvalue weighted by Gasteiger charge is 2.34. The van der Waals surface area contributed by atoms with Crippen LogP contribution in [0.1, 0.15) is 52.9 Å². The van der Waals surface area contributed by atoms with Crippen LogP contribution in [0.15, 0.2) is 4.99 Å². The second kappa shape index (κ2) is 11.1. The Bertz CT molecular complexity index is 324. The van der Waals surface area contributed by atoms with Crippen LogP contribution in [0.25, 0.3) is 0 Å². The Morgan fingerprint density at radius 3 is 2.33 bits per heavy atom. The van der Waals surface area contributed by atoms with Crippen LogP contribution in [0, 0.1) is 5.41 Å². The van der Waals surface area contributed by atoms with Gasteiger partial charge in [-0.05, 0) is 38.0 Å². The number of nitrogens with one attached hydrogen (secondary N) is 3. The first-order valence-electron chi connectivity index (χ1n) is 7.94. The third kappa shape index (κ3) is 7.33. The van der Waals surface area contributed by atoms with Gasteiger partial charge in [0.1, 0.15) is 6.54 Å². The number of guanidine groups is 1. The van der Waals surface area contributed by atoms with Crippen LogP contribution in [0.5, 0.6) is 0 Å². The summed E-state index contributed by atoms with van der Waals surface area (Å²) < 4.78 is 0. The van der Waals surface area contributed by atoms with E-state index in [0.29, 0.717) is 5.41 Å². The highest BCUT2D eigenvalue weighted by Crippen LogP contribution is 2.42. The molecule has 1 aliphatic carbocycles. The van der Waals surface area contributed by atoms with Gasteiger partial charge >= 0.3 is 0 Å². The maximum absolute atomic E-state index is 11.6. The van der Waals surface area contributed by atoms with E-state index in [4.69, 9.17) is 0 Å². The summed E-state index contributed by atoms with van der Waals surface area (Å²) in [4.78, 5) is 15.9. The number of hydrogen-bond donors (Lipinski definition) is 3. The summed E-state index contributed by atoms with van der Waals surface area (Å²) in [5.41, 5.74) is 0.445. The third-order valence-electron chi connectivity index (χ3n) is 4.09. The lowest BCUT2D eigenvalue weighted by Gasteiger charge is -2.41. The smallest absolute Gasteiger partial charge is 0.241 e. The molecule has 1 amide bonds. The highest BCUT2D eigenvalue weighted by atomic mass is 127. The van der Waals surface area contributed by atoms with Gasteiger partial charge in [-0.15, -0.1) is 24.0 Å². The van der Waals surface area contributed by atoms with E-state index in [9.17, 15) is 4.79 Å². The van der Waals surface area contributed by atoms with Crippen molar-refractivity contribution in [1.82, 2.24) is 16.0 Å². The summed E-state index contributed by atoms with van der Waals surface area (Å²) in [6.07, 6.45) is 6.09. The first-order valence-corrected chi connectivity index (χ1v) is 7.94. The van der Waals surface area contributed by atoms with Gasteiger partial charge in [0.25, 0.3) is 0 Å². The predicted octanol–water partition coefficient (Wildman–Crippen LogP) is 2.27. The summed E-state index contributed by atoms with van der Waals surface area (Å²) in [6.45, 7) is 8.99. The van der Waals surface area contributed by atoms with Gasteiger partial charge in [-0.2, -0.15) is 0 Å². The molecule has 0 aromatic rings. The number of carbonyl (C=O) groups is 1. The van der Waals surface area contributed by atoms with Crippen molar-refractivity contribution in [2.24, 2.45) is 10.4 Å². The molecule has 1 saturated carbocycles. The van der Waals surface area contributed by atoms with E-state index >= 15 is 0 Å². The molecule has 0 atom stereocenters. The summed E-state index contributed by atoms with van der Waals surface area (Å²) in [5.74, 6) is 0.733. The van der Waals surface area contributed by atoms with Crippen LogP contribution >= 0.6 is 24.0 Å². The fourth-order valence-corrected chi connectivity index (χ4v) is 2.42. The molecule has 0 aromatic heterocycles. The first-order chi connectivity index (χ1) is 9.65. The molecule has 0 aromatic carbocycles. The number of rotatable bonds is 8. The van der Waals surface area contributed by atoms with Crippen LogP contribution < -0.4 is 16.0 Å². The molecule has 1 aliphatic rings. The largest absolute Gasteiger partial charge is 0.357 e. The quantitative estimate of drug-likeness (QED) is 0.327. The van der Waals surface area contributed by atoms with E-state index < -0.39 is 0 Å². The maximum atomic E-state index is 11.6. The Morgan fingerprint density at radius 2 is 1.86 bits per heavy atom. The molecule has 0 radical (unpaired) electrons. The van der Waals surface area contributed by atoms with Gasteiger partial charge in [0.2, 0.25) is 5.91 Å². The Hall–Kier alpha value is -0.530. The second-order valence-corrected chi connectivity index (χ2v) is 5.61. The molecule has 6 heteroatoms. The van der Waals surface area contributed by atoms with Gasteiger partial charge < -0.3 is 16.0 Å². The molecular weight excluding hydrogens is 379 g/mol. The Morgan fingerprint density at radius 1 is 1.14 bits per heavy atom. The van der Waals surface area contributed by atoms with Crippen molar-refractivity contribution < 1.29 is 4.79 Å². The van der Waals surface area contributed by atoms with Gasteiger partial charge in [0.05, 0.1) is 0 Å². The van der Waals surface area contributed by atoms with Crippen LogP contribution in [-0.2, 0) is 4.79 Å². The van der Waals surface area contributed by atoms with Crippen LogP contribution in [0.2, 0.25) is 0 Å². The third-order valence-corrected chi connectivity index (χ3v) is 4.09. The van der Waals surface area contributed by atoms with E-state index in [-0.39, 0.29) is 36.4 Å². The zero-order chi connectivity index (χ0) is 14.8. The topological polar surface area (TPSA) is 65.5 Å². The fraction of sp³-hybridized carbons (Fsp3) is 0.867. The van der Waals surface area contributed by atoms with Crippen molar-refractivity contribution in [3.05, 3.63) is 0 Å². The molecule has 1 rings (SSSR count). The number of aliphatic imine (C=N–C) groups is 1. The number of hydrogen-bond acceptors (Lipinski definition) is 2. The second-order valence-electron chi connectivity index (χ2n) is 5.61. The van der Waals surface area contributed by atoms with Crippen molar-refractivity contribution in [3.8, 4) is 0 Å². The zero-order valence-electron chi connectivity index (χ0n) is 13.6. The van der Waals surface area contributed by atoms with Gasteiger partial charge in [-0.25, -0.2) is 4.99 Å². The average Bonchev–Trinajstić information content (AvgIpc) is 2.41. The Kier molecular flexibility index (Phi) is 10.8. The molecule has 0 saturated heterocycles. The Balaban J connectivity index is 0.00000400. The molecule has 124 valence electrons. The van der Waals surface area contributed by atoms with E-state index in [0.717, 1.165) is 32.0 Å². The van der Waals surface area contributed by atoms with Gasteiger partial charge in [-0.3, -0.25) is 4.79 Å². The molecule has 5 nitrogen and oxygen atoms in total. The molecular formula is C15H31IN4O. The number of halogens is 1. The number of carbonyl (C=O) groups excluding carboxylic acids is 1. The predicted molar refractivity (Wildman–Crippen MR) is 99.3 cm³/mol. The summed E-state index contributed by atoms with van der Waals surface area (Å²) in [6, 6.07) is 0. The average molecular weight is 410 g/mol. The van der Waals surface area contributed by atoms with Crippen molar-refractivity contribution in [3.63, 3.8) is 0 Å². The van der Waals surface area contributed by atoms with Crippen molar-refractivity contribution in [2.45, 2.75) is 52.9 Å². The molecule has 3 N–H and O–H groups in total. The minimum absolute atomic E-state index is 0. The van der Waals surface area contributed by atoms with E-state index in [1.165, 1.54) is 25.7 Å². The number of nitrogens with zero attached hydrogens (tertiary/aromatic N) is 1. The maximum Gasteiger partial charge on any atom is 0.241 e. The summed E-state index contributed by atoms with van der Waals surface area (Å²) in [5, 5.41) is 9.42. The SMILES string of the molecule is CCCNC(=O)CN=C(NCC)NCC1(CC)CCC1.I. The zero-order valence-corrected chi connectivity index (χ0v) is 16.0. The lowest BCUT2D eigenvalue weighted by molar-refractivity contribution is -0.119. The molecule has 0 unspecified atom stereocenters. The fourth-order valence-electron chi connectivity index (χ4n) is 2.42. The van der Waals surface area contributed by atoms with Crippen molar-refractivity contribution in [1.29, 1.82) is 0 Å². The van der Waals surface area contributed by atoms with Crippen molar-refractivity contribution in [2.75, 3.05) is 26.2 Å². The first kappa shape index (κ1) is 20.5. The van der Waals surface area contributed by atoms with Gasteiger partial charge in [-0.1, -0.05) is 20.3 Å². The van der Waals surface area contributed by atoms with E-state index in [2.05, 4.69) is 27.9 Å². The van der Waals surface area contributed by atoms with E-state index in [1.54, 1.807) is 0 Å². The molecule has 0 bridgehead atoms. The van der Waals surface area contributed by atoms with Crippen molar-refractivity contribution >= 4 is 35.8 Å². The minimum atomic E-state index is -0.0158.